The smallest absolute Gasteiger partial charge is 0.326 e. The van der Waals surface area contributed by atoms with Crippen LogP contribution in [0.5, 0.6) is 5.75 Å². The lowest BCUT2D eigenvalue weighted by Crippen LogP contribution is -2.54. The zero-order valence-electron chi connectivity index (χ0n) is 33.0. The first-order chi connectivity index (χ1) is 28.3. The molecule has 0 bridgehead atoms. The van der Waals surface area contributed by atoms with Crippen molar-refractivity contribution in [3.8, 4) is 5.75 Å². The van der Waals surface area contributed by atoms with Crippen LogP contribution in [-0.2, 0) is 54.7 Å². The summed E-state index contributed by atoms with van der Waals surface area (Å²) < 4.78 is 0. The van der Waals surface area contributed by atoms with E-state index in [1.165, 1.54) is 0 Å². The number of aliphatic carboxylic acids is 1. The van der Waals surface area contributed by atoms with Crippen LogP contribution >= 0.6 is 15.9 Å². The molecule has 5 amide bonds. The van der Waals surface area contributed by atoms with Gasteiger partial charge in [0.05, 0.1) is 24.5 Å². The maximum Gasteiger partial charge on any atom is 0.326 e. The molecule has 0 saturated carbocycles. The van der Waals surface area contributed by atoms with Crippen LogP contribution in [0.15, 0.2) is 109 Å². The molecule has 0 fully saturated rings. The van der Waals surface area contributed by atoms with Crippen LogP contribution in [0.25, 0.3) is 0 Å². The number of carboxylic acids is 1. The van der Waals surface area contributed by atoms with Gasteiger partial charge in [-0.1, -0.05) is 115 Å². The Morgan fingerprint density at radius 2 is 1.15 bits per heavy atom. The second kappa shape index (κ2) is 23.4. The fraction of sp³-hybridized carbons (Fsp3) is 0.318. The van der Waals surface area contributed by atoms with Crippen molar-refractivity contribution >= 4 is 57.1 Å². The monoisotopic (exact) mass is 870 g/mol. The van der Waals surface area contributed by atoms with Crippen molar-refractivity contribution in [1.29, 1.82) is 0 Å². The summed E-state index contributed by atoms with van der Waals surface area (Å²) in [6.07, 6.45) is 0.415. The molecule has 59 heavy (non-hydrogen) atoms. The van der Waals surface area contributed by atoms with Crippen molar-refractivity contribution in [2.24, 2.45) is 5.92 Å². The van der Waals surface area contributed by atoms with Crippen LogP contribution in [-0.4, -0.2) is 87.2 Å². The van der Waals surface area contributed by atoms with Crippen LogP contribution < -0.4 is 26.6 Å². The van der Waals surface area contributed by atoms with Crippen LogP contribution in [0, 0.1) is 5.92 Å². The fourth-order valence-electron chi connectivity index (χ4n) is 6.26. The van der Waals surface area contributed by atoms with Gasteiger partial charge in [0.2, 0.25) is 29.5 Å². The minimum atomic E-state index is -1.22. The highest BCUT2D eigenvalue weighted by Crippen LogP contribution is 2.19. The van der Waals surface area contributed by atoms with Gasteiger partial charge in [-0.2, -0.15) is 0 Å². The number of carbonyl (C=O) groups is 6. The molecule has 0 aliphatic heterocycles. The van der Waals surface area contributed by atoms with Crippen LogP contribution in [0.4, 0.5) is 5.69 Å². The zero-order chi connectivity index (χ0) is 42.7. The van der Waals surface area contributed by atoms with E-state index in [4.69, 9.17) is 0 Å². The number of benzene rings is 4. The van der Waals surface area contributed by atoms with E-state index in [2.05, 4.69) is 42.5 Å². The average molecular weight is 872 g/mol. The molecule has 3 atom stereocenters. The Hall–Kier alpha value is -6.06. The number of phenolic OH excluding ortho intramolecular Hbond substituents is 1. The molecule has 14 nitrogen and oxygen atoms in total. The third-order valence-electron chi connectivity index (χ3n) is 9.21. The number of hydrogen-bond acceptors (Lipinski definition) is 8. The van der Waals surface area contributed by atoms with Crippen molar-refractivity contribution in [2.75, 3.05) is 23.7 Å². The number of aromatic hydroxyl groups is 1. The molecule has 4 aromatic rings. The highest BCUT2D eigenvalue weighted by molar-refractivity contribution is 9.09. The minimum absolute atomic E-state index is 0.0207. The number of hydrogen-bond donors (Lipinski definition) is 7. The van der Waals surface area contributed by atoms with Crippen molar-refractivity contribution in [3.05, 3.63) is 131 Å². The van der Waals surface area contributed by atoms with E-state index in [9.17, 15) is 39.0 Å². The SMILES string of the molecule is CC(C)C[C@H](NC(=O)[C@H](Cc1ccc(NC(=O)CBr)cc1)NC(=O)CNC(=O)CNC(=O)[C@H](Cc1ccc(O)cc1)N(Cc1ccccc1)Cc1ccccc1)C(=O)O. The van der Waals surface area contributed by atoms with E-state index in [-0.39, 0.29) is 42.2 Å². The first kappa shape index (κ1) is 45.6. The molecule has 15 heteroatoms. The zero-order valence-corrected chi connectivity index (χ0v) is 34.6. The van der Waals surface area contributed by atoms with Crippen molar-refractivity contribution in [2.45, 2.75) is 64.3 Å². The highest BCUT2D eigenvalue weighted by atomic mass is 79.9. The summed E-state index contributed by atoms with van der Waals surface area (Å²) in [5.41, 5.74) is 3.90. The van der Waals surface area contributed by atoms with Gasteiger partial charge in [0.25, 0.3) is 0 Å². The Kier molecular flexibility index (Phi) is 18.1. The van der Waals surface area contributed by atoms with E-state index < -0.39 is 60.8 Å². The summed E-state index contributed by atoms with van der Waals surface area (Å²) in [4.78, 5) is 79.4. The van der Waals surface area contributed by atoms with E-state index in [1.807, 2.05) is 79.4 Å². The summed E-state index contributed by atoms with van der Waals surface area (Å²) in [6.45, 7) is 3.52. The standard InChI is InChI=1S/C44H51BrN6O8/c1-29(2)21-37(44(58)59)50-42(56)36(22-30-13-17-34(18-14-30)48-39(53)24-45)49-41(55)26-46-40(54)25-47-43(57)38(23-31-15-19-35(52)20-16-31)51(27-32-9-5-3-6-10-32)28-33-11-7-4-8-12-33/h3-20,29,36-38,52H,21-28H2,1-2H3,(H,46,54)(H,47,57)(H,48,53)(H,49,55)(H,50,56)(H,58,59)/t36-,37-,38-/m0/s1. The largest absolute Gasteiger partial charge is 0.508 e. The predicted molar refractivity (Wildman–Crippen MR) is 227 cm³/mol. The second-order valence-electron chi connectivity index (χ2n) is 14.5. The lowest BCUT2D eigenvalue weighted by Gasteiger charge is -2.31. The molecule has 4 rings (SSSR count). The molecule has 0 aromatic heterocycles. The lowest BCUT2D eigenvalue weighted by molar-refractivity contribution is -0.142. The Morgan fingerprint density at radius 3 is 1.69 bits per heavy atom. The number of carboxylic acid groups (broad SMARTS) is 1. The molecular formula is C44H51BrN6O8. The average Bonchev–Trinajstić information content (AvgIpc) is 3.22. The number of rotatable bonds is 22. The normalized spacial score (nSPS) is 12.5. The summed E-state index contributed by atoms with van der Waals surface area (Å²) in [6, 6.07) is 29.4. The first-order valence-electron chi connectivity index (χ1n) is 19.2. The Bertz CT molecular complexity index is 1960. The maximum absolute atomic E-state index is 14.0. The maximum atomic E-state index is 14.0. The number of halogens is 1. The van der Waals surface area contributed by atoms with Gasteiger partial charge in [-0.15, -0.1) is 0 Å². The number of anilines is 1. The molecule has 0 saturated heterocycles. The molecule has 0 heterocycles. The van der Waals surface area contributed by atoms with Gasteiger partial charge in [-0.05, 0) is 65.3 Å². The number of nitrogens with one attached hydrogen (secondary N) is 5. The first-order valence-corrected chi connectivity index (χ1v) is 20.3. The van der Waals surface area contributed by atoms with E-state index in [1.54, 1.807) is 48.5 Å². The minimum Gasteiger partial charge on any atom is -0.508 e. The van der Waals surface area contributed by atoms with Crippen LogP contribution in [0.3, 0.4) is 0 Å². The Balaban J connectivity index is 1.44. The van der Waals surface area contributed by atoms with Crippen molar-refractivity contribution < 1.29 is 39.0 Å². The molecule has 0 unspecified atom stereocenters. The highest BCUT2D eigenvalue weighted by Gasteiger charge is 2.29. The van der Waals surface area contributed by atoms with Gasteiger partial charge in [0, 0.05) is 25.2 Å². The Labute approximate surface area is 352 Å². The van der Waals surface area contributed by atoms with Crippen molar-refractivity contribution in [1.82, 2.24) is 26.2 Å². The quantitative estimate of drug-likeness (QED) is 0.0571. The summed E-state index contributed by atoms with van der Waals surface area (Å²) in [5, 5.41) is 32.8. The summed E-state index contributed by atoms with van der Waals surface area (Å²) in [7, 11) is 0. The molecule has 0 spiro atoms. The predicted octanol–water partition coefficient (Wildman–Crippen LogP) is 3.91. The van der Waals surface area contributed by atoms with E-state index in [0.29, 0.717) is 24.3 Å². The van der Waals surface area contributed by atoms with Crippen molar-refractivity contribution in [3.63, 3.8) is 0 Å². The molecule has 0 aliphatic carbocycles. The molecular weight excluding hydrogens is 820 g/mol. The van der Waals surface area contributed by atoms with Gasteiger partial charge in [-0.3, -0.25) is 28.9 Å². The van der Waals surface area contributed by atoms with Crippen LogP contribution in [0.1, 0.15) is 42.5 Å². The van der Waals surface area contributed by atoms with E-state index >= 15 is 0 Å². The van der Waals surface area contributed by atoms with Gasteiger partial charge in [-0.25, -0.2) is 4.79 Å². The second-order valence-corrected chi connectivity index (χ2v) is 15.0. The molecule has 0 radical (unpaired) electrons. The third-order valence-corrected chi connectivity index (χ3v) is 9.72. The number of carbonyl (C=O) groups excluding carboxylic acids is 5. The van der Waals surface area contributed by atoms with Gasteiger partial charge in [0.15, 0.2) is 0 Å². The van der Waals surface area contributed by atoms with Gasteiger partial charge < -0.3 is 36.8 Å². The molecule has 4 aromatic carbocycles. The third kappa shape index (κ3) is 16.0. The van der Waals surface area contributed by atoms with Gasteiger partial charge in [0.1, 0.15) is 17.8 Å². The Morgan fingerprint density at radius 1 is 0.610 bits per heavy atom. The number of nitrogens with zero attached hydrogens (tertiary/aromatic N) is 1. The molecule has 7 N–H and O–H groups in total. The summed E-state index contributed by atoms with van der Waals surface area (Å²) in [5.74, 6) is -3.94. The summed E-state index contributed by atoms with van der Waals surface area (Å²) >= 11 is 3.09. The molecule has 0 aliphatic rings. The van der Waals surface area contributed by atoms with E-state index in [0.717, 1.165) is 16.7 Å². The molecule has 312 valence electrons. The number of amides is 5. The van der Waals surface area contributed by atoms with Crippen LogP contribution in [0.2, 0.25) is 0 Å². The number of alkyl halides is 1. The number of phenols is 1. The topological polar surface area (TPSA) is 206 Å². The fourth-order valence-corrected chi connectivity index (χ4v) is 6.40. The lowest BCUT2D eigenvalue weighted by atomic mass is 10.0. The van der Waals surface area contributed by atoms with Gasteiger partial charge >= 0.3 is 5.97 Å².